The fourth-order valence-corrected chi connectivity index (χ4v) is 4.84. The van der Waals surface area contributed by atoms with Crippen molar-refractivity contribution in [2.75, 3.05) is 12.0 Å². The number of benzene rings is 1. The molecule has 4 nitrogen and oxygen atoms in total. The molecule has 20 heavy (non-hydrogen) atoms. The minimum Gasteiger partial charge on any atom is -0.389 e. The van der Waals surface area contributed by atoms with Crippen LogP contribution in [0.25, 0.3) is 0 Å². The van der Waals surface area contributed by atoms with Gasteiger partial charge in [0.15, 0.2) is 0 Å². The molecule has 110 valence electrons. The zero-order valence-corrected chi connectivity index (χ0v) is 13.3. The molecule has 1 heterocycles. The summed E-state index contributed by atoms with van der Waals surface area (Å²) >= 11 is 4.31. The molecule has 1 aromatic carbocycles. The molecule has 0 bridgehead atoms. The zero-order valence-electron chi connectivity index (χ0n) is 10.9. The number of hydrogen-bond donors (Lipinski definition) is 4. The molecule has 0 radical (unpaired) electrons. The molecule has 0 saturated carbocycles. The first-order valence-corrected chi connectivity index (χ1v) is 9.23. The highest BCUT2D eigenvalue weighted by atomic mass is 32.2. The Labute approximate surface area is 130 Å². The summed E-state index contributed by atoms with van der Waals surface area (Å²) in [6, 6.07) is 7.59. The van der Waals surface area contributed by atoms with E-state index < -0.39 is 18.3 Å². The van der Waals surface area contributed by atoms with Crippen LogP contribution >= 0.6 is 35.3 Å². The van der Waals surface area contributed by atoms with Gasteiger partial charge in [0.25, 0.3) is 0 Å². The smallest absolute Gasteiger partial charge is 0.108 e. The molecule has 4 atom stereocenters. The van der Waals surface area contributed by atoms with E-state index in [0.717, 1.165) is 10.5 Å². The fraction of sp³-hybridized carbons (Fsp3) is 0.462. The lowest BCUT2D eigenvalue weighted by atomic mass is 10.1. The van der Waals surface area contributed by atoms with Crippen LogP contribution in [0.15, 0.2) is 29.2 Å². The van der Waals surface area contributed by atoms with E-state index in [-0.39, 0.29) is 4.58 Å². The van der Waals surface area contributed by atoms with E-state index in [9.17, 15) is 15.3 Å². The number of nitrogens with one attached hydrogen (secondary N) is 1. The third-order valence-electron chi connectivity index (χ3n) is 3.03. The van der Waals surface area contributed by atoms with Gasteiger partial charge >= 0.3 is 0 Å². The van der Waals surface area contributed by atoms with Gasteiger partial charge in [-0.05, 0) is 18.4 Å². The SMILES string of the molecule is CSC(=N)c1ccc(S[C@@H]2SC[C@@H](O)[C@H](O)[C@H]2O)cc1. The molecule has 1 aliphatic rings. The summed E-state index contributed by atoms with van der Waals surface area (Å²) in [6.07, 6.45) is -1.03. The first-order valence-electron chi connectivity index (χ1n) is 6.08. The van der Waals surface area contributed by atoms with E-state index in [0.29, 0.717) is 10.8 Å². The summed E-state index contributed by atoms with van der Waals surface area (Å²) in [5.41, 5.74) is 0.870. The van der Waals surface area contributed by atoms with Crippen molar-refractivity contribution in [3.05, 3.63) is 29.8 Å². The van der Waals surface area contributed by atoms with Crippen molar-refractivity contribution in [3.8, 4) is 0 Å². The minimum atomic E-state index is -1.09. The second-order valence-electron chi connectivity index (χ2n) is 4.43. The molecule has 2 rings (SSSR count). The van der Waals surface area contributed by atoms with Crippen molar-refractivity contribution in [3.63, 3.8) is 0 Å². The van der Waals surface area contributed by atoms with Gasteiger partial charge in [0.05, 0.1) is 15.7 Å². The maximum atomic E-state index is 9.96. The second kappa shape index (κ2) is 7.20. The van der Waals surface area contributed by atoms with Crippen LogP contribution in [0.4, 0.5) is 0 Å². The number of aliphatic hydroxyl groups excluding tert-OH is 3. The van der Waals surface area contributed by atoms with Crippen molar-refractivity contribution < 1.29 is 15.3 Å². The van der Waals surface area contributed by atoms with Gasteiger partial charge < -0.3 is 15.3 Å². The lowest BCUT2D eigenvalue weighted by Gasteiger charge is -2.34. The predicted octanol–water partition coefficient (Wildman–Crippen LogP) is 1.62. The Morgan fingerprint density at radius 2 is 1.85 bits per heavy atom. The van der Waals surface area contributed by atoms with Crippen LogP contribution in [-0.2, 0) is 0 Å². The molecule has 0 aromatic heterocycles. The summed E-state index contributed by atoms with van der Waals surface area (Å²) in [5.74, 6) is 0.422. The highest BCUT2D eigenvalue weighted by Gasteiger charge is 2.37. The minimum absolute atomic E-state index is 0.195. The van der Waals surface area contributed by atoms with Gasteiger partial charge in [0.2, 0.25) is 0 Å². The van der Waals surface area contributed by atoms with Crippen molar-refractivity contribution in [1.29, 1.82) is 5.41 Å². The van der Waals surface area contributed by atoms with Gasteiger partial charge in [-0.2, -0.15) is 0 Å². The summed E-state index contributed by atoms with van der Waals surface area (Å²) in [6.45, 7) is 0. The zero-order chi connectivity index (χ0) is 14.7. The topological polar surface area (TPSA) is 84.5 Å². The van der Waals surface area contributed by atoms with Gasteiger partial charge in [0, 0.05) is 16.2 Å². The largest absolute Gasteiger partial charge is 0.389 e. The summed E-state index contributed by atoms with van der Waals surface area (Å²) in [4.78, 5) is 0.975. The maximum Gasteiger partial charge on any atom is 0.108 e. The third-order valence-corrected chi connectivity index (χ3v) is 6.56. The summed E-state index contributed by atoms with van der Waals surface area (Å²) < 4.78 is -0.195. The van der Waals surface area contributed by atoms with E-state index in [4.69, 9.17) is 5.41 Å². The summed E-state index contributed by atoms with van der Waals surface area (Å²) in [7, 11) is 0. The number of hydrogen-bond acceptors (Lipinski definition) is 7. The van der Waals surface area contributed by atoms with Crippen LogP contribution in [0.1, 0.15) is 5.56 Å². The van der Waals surface area contributed by atoms with Crippen LogP contribution in [0.5, 0.6) is 0 Å². The number of rotatable bonds is 3. The molecule has 0 amide bonds. The van der Waals surface area contributed by atoms with Crippen LogP contribution in [0, 0.1) is 5.41 Å². The standard InChI is InChI=1S/C13H17NO3S3/c1-18-12(14)7-2-4-8(5-3-7)20-13-11(17)10(16)9(15)6-19-13/h2-5,9-11,13-17H,6H2,1H3/t9-,10+,11-,13+/m1/s1. The lowest BCUT2D eigenvalue weighted by molar-refractivity contribution is -0.0474. The fourth-order valence-electron chi connectivity index (χ4n) is 1.82. The van der Waals surface area contributed by atoms with Gasteiger partial charge in [-0.25, -0.2) is 0 Å². The average Bonchev–Trinajstić information content (AvgIpc) is 2.48. The Morgan fingerprint density at radius 1 is 1.20 bits per heavy atom. The maximum absolute atomic E-state index is 9.96. The quantitative estimate of drug-likeness (QED) is 0.498. The van der Waals surface area contributed by atoms with Crippen LogP contribution in [0.2, 0.25) is 0 Å². The normalized spacial score (nSPS) is 30.2. The number of aliphatic hydroxyl groups is 3. The Kier molecular flexibility index (Phi) is 5.83. The summed E-state index contributed by atoms with van der Waals surface area (Å²) in [5, 5.41) is 37.4. The van der Waals surface area contributed by atoms with E-state index in [2.05, 4.69) is 0 Å². The Bertz CT molecular complexity index is 468. The van der Waals surface area contributed by atoms with E-state index in [1.165, 1.54) is 35.3 Å². The lowest BCUT2D eigenvalue weighted by Crippen LogP contribution is -2.47. The van der Waals surface area contributed by atoms with Crippen LogP contribution in [-0.4, -0.2) is 55.3 Å². The van der Waals surface area contributed by atoms with E-state index >= 15 is 0 Å². The van der Waals surface area contributed by atoms with Gasteiger partial charge in [-0.1, -0.05) is 12.1 Å². The van der Waals surface area contributed by atoms with Crippen LogP contribution in [0.3, 0.4) is 0 Å². The molecule has 7 heteroatoms. The molecular formula is C13H17NO3S3. The molecular weight excluding hydrogens is 314 g/mol. The van der Waals surface area contributed by atoms with Crippen molar-refractivity contribution in [2.24, 2.45) is 0 Å². The molecule has 1 aromatic rings. The molecule has 1 aliphatic heterocycles. The first-order chi connectivity index (χ1) is 9.52. The Hall–Kier alpha value is -0.180. The Balaban J connectivity index is 2.01. The highest BCUT2D eigenvalue weighted by molar-refractivity contribution is 8.17. The monoisotopic (exact) mass is 331 g/mol. The van der Waals surface area contributed by atoms with Crippen molar-refractivity contribution in [2.45, 2.75) is 27.8 Å². The molecule has 4 N–H and O–H groups in total. The van der Waals surface area contributed by atoms with Crippen molar-refractivity contribution >= 4 is 40.3 Å². The number of thioether (sulfide) groups is 3. The Morgan fingerprint density at radius 3 is 2.45 bits per heavy atom. The molecule has 1 fully saturated rings. The van der Waals surface area contributed by atoms with E-state index in [1.807, 2.05) is 30.5 Å². The second-order valence-corrected chi connectivity index (χ2v) is 7.93. The molecule has 0 unspecified atom stereocenters. The van der Waals surface area contributed by atoms with Gasteiger partial charge in [-0.15, -0.1) is 35.3 Å². The predicted molar refractivity (Wildman–Crippen MR) is 86.9 cm³/mol. The van der Waals surface area contributed by atoms with Gasteiger partial charge in [-0.3, -0.25) is 5.41 Å². The van der Waals surface area contributed by atoms with E-state index in [1.54, 1.807) is 0 Å². The first kappa shape index (κ1) is 16.2. The highest BCUT2D eigenvalue weighted by Crippen LogP contribution is 2.38. The molecule has 1 saturated heterocycles. The average molecular weight is 331 g/mol. The van der Waals surface area contributed by atoms with Crippen LogP contribution < -0.4 is 0 Å². The molecule has 0 spiro atoms. The van der Waals surface area contributed by atoms with Crippen molar-refractivity contribution in [1.82, 2.24) is 0 Å². The molecule has 0 aliphatic carbocycles. The van der Waals surface area contributed by atoms with Gasteiger partial charge in [0.1, 0.15) is 12.2 Å². The third kappa shape index (κ3) is 3.72.